The van der Waals surface area contributed by atoms with Gasteiger partial charge < -0.3 is 0 Å². The molecule has 0 aromatic rings. The van der Waals surface area contributed by atoms with Crippen LogP contribution in [0.3, 0.4) is 0 Å². The van der Waals surface area contributed by atoms with E-state index in [1.165, 1.54) is 12.8 Å². The fourth-order valence-electron chi connectivity index (χ4n) is 1.51. The van der Waals surface area contributed by atoms with Gasteiger partial charge >= 0.3 is 0 Å². The molecule has 0 nitrogen and oxygen atoms in total. The Labute approximate surface area is 86.6 Å². The molecule has 74 valence electrons. The number of rotatable bonds is 5. The predicted octanol–water partition coefficient (Wildman–Crippen LogP) is 4.58. The molecule has 1 unspecified atom stereocenters. The average Bonchev–Trinajstić information content (AvgIpc) is 1.78. The Balaban J connectivity index is 3.86. The van der Waals surface area contributed by atoms with Crippen LogP contribution < -0.4 is 0 Å². The molecule has 0 aromatic heterocycles. The van der Waals surface area contributed by atoms with Gasteiger partial charge in [-0.25, -0.2) is 0 Å². The van der Waals surface area contributed by atoms with E-state index in [1.54, 1.807) is 0 Å². The Morgan fingerprint density at radius 3 is 1.92 bits per heavy atom. The summed E-state index contributed by atoms with van der Waals surface area (Å²) in [6.07, 6.45) is 4.31. The quantitative estimate of drug-likeness (QED) is 0.584. The molecule has 1 atom stereocenters. The fraction of sp³-hybridized carbons (Fsp3) is 1.00. The van der Waals surface area contributed by atoms with Gasteiger partial charge in [0.1, 0.15) is 0 Å². The third-order valence-corrected chi connectivity index (χ3v) is 2.30. The summed E-state index contributed by atoms with van der Waals surface area (Å²) in [5.74, 6) is 0. The molecule has 12 heavy (non-hydrogen) atoms. The second kappa shape index (κ2) is 4.72. The highest BCUT2D eigenvalue weighted by atomic mass is 35.5. The van der Waals surface area contributed by atoms with Crippen molar-refractivity contribution in [3.63, 3.8) is 0 Å². The molecule has 0 radical (unpaired) electrons. The molecule has 0 heterocycles. The molecule has 0 aliphatic heterocycles. The normalized spacial score (nSPS) is 17.5. The lowest BCUT2D eigenvalue weighted by atomic mass is 9.93. The third kappa shape index (κ3) is 7.24. The van der Waals surface area contributed by atoms with Crippen molar-refractivity contribution in [2.75, 3.05) is 0 Å². The van der Waals surface area contributed by atoms with Gasteiger partial charge in [0, 0.05) is 9.75 Å². The van der Waals surface area contributed by atoms with Gasteiger partial charge in [0.25, 0.3) is 0 Å². The van der Waals surface area contributed by atoms with E-state index in [2.05, 4.69) is 13.8 Å². The van der Waals surface area contributed by atoms with E-state index >= 15 is 0 Å². The Kier molecular flexibility index (Phi) is 4.94. The predicted molar refractivity (Wildman–Crippen MR) is 58.3 cm³/mol. The summed E-state index contributed by atoms with van der Waals surface area (Å²) < 4.78 is 0. The molecular weight excluding hydrogens is 191 g/mol. The lowest BCUT2D eigenvalue weighted by Crippen LogP contribution is -2.26. The minimum atomic E-state index is -0.176. The van der Waals surface area contributed by atoms with Crippen molar-refractivity contribution in [3.05, 3.63) is 0 Å². The van der Waals surface area contributed by atoms with Crippen LogP contribution >= 0.6 is 23.2 Å². The minimum absolute atomic E-state index is 0.124. The van der Waals surface area contributed by atoms with Gasteiger partial charge in [0.2, 0.25) is 0 Å². The molecule has 0 spiro atoms. The molecule has 0 amide bonds. The van der Waals surface area contributed by atoms with Gasteiger partial charge in [-0.1, -0.05) is 19.8 Å². The SMILES string of the molecule is CCCCC(C)(Cl)CC(C)(C)Cl. The van der Waals surface area contributed by atoms with Crippen molar-refractivity contribution in [2.24, 2.45) is 0 Å². The zero-order valence-corrected chi connectivity index (χ0v) is 10.1. The molecule has 0 aliphatic rings. The second-order valence-corrected chi connectivity index (χ2v) is 6.35. The molecule has 0 bridgehead atoms. The number of unbranched alkanes of at least 4 members (excludes halogenated alkanes) is 1. The van der Waals surface area contributed by atoms with Crippen molar-refractivity contribution in [2.45, 2.75) is 63.1 Å². The molecule has 0 saturated heterocycles. The average molecular weight is 211 g/mol. The van der Waals surface area contributed by atoms with Gasteiger partial charge in [0.05, 0.1) is 0 Å². The molecule has 2 heteroatoms. The van der Waals surface area contributed by atoms with E-state index in [4.69, 9.17) is 23.2 Å². The van der Waals surface area contributed by atoms with E-state index < -0.39 is 0 Å². The standard InChI is InChI=1S/C10H20Cl2/c1-5-6-7-10(4,12)8-9(2,3)11/h5-8H2,1-4H3. The van der Waals surface area contributed by atoms with Gasteiger partial charge in [-0.05, 0) is 33.6 Å². The first-order chi connectivity index (χ1) is 5.27. The van der Waals surface area contributed by atoms with Crippen LogP contribution in [0, 0.1) is 0 Å². The van der Waals surface area contributed by atoms with Crippen LogP contribution in [0.2, 0.25) is 0 Å². The number of hydrogen-bond donors (Lipinski definition) is 0. The zero-order valence-electron chi connectivity index (χ0n) is 8.58. The molecule has 0 aromatic carbocycles. The lowest BCUT2D eigenvalue weighted by Gasteiger charge is -2.28. The highest BCUT2D eigenvalue weighted by Gasteiger charge is 2.28. The van der Waals surface area contributed by atoms with Crippen LogP contribution in [0.25, 0.3) is 0 Å². The summed E-state index contributed by atoms with van der Waals surface area (Å²) in [5.41, 5.74) is 0. The van der Waals surface area contributed by atoms with Crippen molar-refractivity contribution < 1.29 is 0 Å². The zero-order chi connectivity index (χ0) is 9.83. The minimum Gasteiger partial charge on any atom is -0.120 e. The lowest BCUT2D eigenvalue weighted by molar-refractivity contribution is 0.453. The highest BCUT2D eigenvalue weighted by molar-refractivity contribution is 6.26. The van der Waals surface area contributed by atoms with E-state index in [0.717, 1.165) is 12.8 Å². The number of halogens is 2. The van der Waals surface area contributed by atoms with E-state index in [9.17, 15) is 0 Å². The van der Waals surface area contributed by atoms with Crippen molar-refractivity contribution >= 4 is 23.2 Å². The molecule has 0 aliphatic carbocycles. The largest absolute Gasteiger partial charge is 0.120 e. The summed E-state index contributed by atoms with van der Waals surface area (Å²) in [5, 5.41) is 0. The Morgan fingerprint density at radius 1 is 1.08 bits per heavy atom. The van der Waals surface area contributed by atoms with Gasteiger partial charge in [-0.2, -0.15) is 0 Å². The molecule has 0 N–H and O–H groups in total. The number of alkyl halides is 2. The topological polar surface area (TPSA) is 0 Å². The van der Waals surface area contributed by atoms with E-state index in [1.807, 2.05) is 13.8 Å². The molecule has 0 fully saturated rings. The molecular formula is C10H20Cl2. The van der Waals surface area contributed by atoms with E-state index in [-0.39, 0.29) is 9.75 Å². The van der Waals surface area contributed by atoms with Gasteiger partial charge in [-0.3, -0.25) is 0 Å². The molecule has 0 rings (SSSR count). The smallest absolute Gasteiger partial charge is 0.0435 e. The first kappa shape index (κ1) is 12.6. The summed E-state index contributed by atoms with van der Waals surface area (Å²) in [6.45, 7) is 8.29. The van der Waals surface area contributed by atoms with Gasteiger partial charge in [-0.15, -0.1) is 23.2 Å². The van der Waals surface area contributed by atoms with Crippen LogP contribution in [0.5, 0.6) is 0 Å². The maximum atomic E-state index is 6.32. The van der Waals surface area contributed by atoms with Crippen LogP contribution in [0.15, 0.2) is 0 Å². The first-order valence-corrected chi connectivity index (χ1v) is 5.40. The summed E-state index contributed by atoms with van der Waals surface area (Å²) in [7, 11) is 0. The maximum absolute atomic E-state index is 6.32. The van der Waals surface area contributed by atoms with Crippen LogP contribution in [0.1, 0.15) is 53.4 Å². The van der Waals surface area contributed by atoms with Crippen molar-refractivity contribution in [1.82, 2.24) is 0 Å². The fourth-order valence-corrected chi connectivity index (χ4v) is 2.34. The van der Waals surface area contributed by atoms with Crippen LogP contribution in [0.4, 0.5) is 0 Å². The summed E-state index contributed by atoms with van der Waals surface area (Å²) in [4.78, 5) is -0.300. The third-order valence-electron chi connectivity index (χ3n) is 1.84. The van der Waals surface area contributed by atoms with E-state index in [0.29, 0.717) is 0 Å². The Hall–Kier alpha value is 0.580. The van der Waals surface area contributed by atoms with Crippen molar-refractivity contribution in [3.8, 4) is 0 Å². The Morgan fingerprint density at radius 2 is 1.58 bits per heavy atom. The van der Waals surface area contributed by atoms with Crippen LogP contribution in [-0.2, 0) is 0 Å². The second-order valence-electron chi connectivity index (χ2n) is 4.41. The number of hydrogen-bond acceptors (Lipinski definition) is 0. The highest BCUT2D eigenvalue weighted by Crippen LogP contribution is 2.34. The summed E-state index contributed by atoms with van der Waals surface area (Å²) in [6, 6.07) is 0. The van der Waals surface area contributed by atoms with Crippen LogP contribution in [-0.4, -0.2) is 9.75 Å². The maximum Gasteiger partial charge on any atom is 0.0435 e. The molecule has 0 saturated carbocycles. The first-order valence-electron chi connectivity index (χ1n) is 4.65. The Bertz CT molecular complexity index is 122. The van der Waals surface area contributed by atoms with Crippen molar-refractivity contribution in [1.29, 1.82) is 0 Å². The summed E-state index contributed by atoms with van der Waals surface area (Å²) >= 11 is 12.4. The monoisotopic (exact) mass is 210 g/mol. The van der Waals surface area contributed by atoms with Gasteiger partial charge in [0.15, 0.2) is 0 Å².